The van der Waals surface area contributed by atoms with Gasteiger partial charge in [-0.05, 0) is 56.0 Å². The molecule has 4 nitrogen and oxygen atoms in total. The first kappa shape index (κ1) is 20.6. The van der Waals surface area contributed by atoms with Crippen molar-refractivity contribution in [3.8, 4) is 11.3 Å². The number of benzene rings is 1. The van der Waals surface area contributed by atoms with Gasteiger partial charge in [-0.3, -0.25) is 14.2 Å². The highest BCUT2D eigenvalue weighted by Gasteiger charge is 2.42. The molecule has 0 saturated heterocycles. The lowest BCUT2D eigenvalue weighted by atomic mass is 9.85. The number of hydrogen-bond donors (Lipinski definition) is 1. The predicted octanol–water partition coefficient (Wildman–Crippen LogP) is 4.26. The van der Waals surface area contributed by atoms with Gasteiger partial charge in [0.2, 0.25) is 5.91 Å². The van der Waals surface area contributed by atoms with E-state index in [1.165, 1.54) is 28.8 Å². The van der Waals surface area contributed by atoms with Crippen molar-refractivity contribution in [3.05, 3.63) is 44.6 Å². The molecule has 3 rings (SSSR count). The van der Waals surface area contributed by atoms with E-state index in [0.717, 1.165) is 11.3 Å². The molecule has 1 amide bonds. The Kier molecular flexibility index (Phi) is 5.92. The van der Waals surface area contributed by atoms with Crippen LogP contribution in [0.1, 0.15) is 30.6 Å². The Bertz CT molecular complexity index is 902. The van der Waals surface area contributed by atoms with E-state index in [2.05, 4.69) is 5.32 Å². The van der Waals surface area contributed by atoms with Crippen LogP contribution in [0.15, 0.2) is 29.1 Å². The summed E-state index contributed by atoms with van der Waals surface area (Å²) < 4.78 is 53.3. The third kappa shape index (κ3) is 4.63. The highest BCUT2D eigenvalue weighted by molar-refractivity contribution is 7.09. The zero-order valence-electron chi connectivity index (χ0n) is 15.2. The number of thiazole rings is 1. The molecule has 1 aromatic carbocycles. The number of carbonyl (C=O) groups excluding carboxylic acids is 1. The predicted molar refractivity (Wildman–Crippen MR) is 98.7 cm³/mol. The second-order valence-electron chi connectivity index (χ2n) is 7.04. The van der Waals surface area contributed by atoms with Gasteiger partial charge < -0.3 is 5.32 Å². The van der Waals surface area contributed by atoms with Crippen LogP contribution in [-0.4, -0.2) is 22.7 Å². The topological polar surface area (TPSA) is 51.1 Å². The number of aryl methyl sites for hydroxylation is 1. The Morgan fingerprint density at radius 1 is 1.25 bits per heavy atom. The number of rotatable bonds is 4. The van der Waals surface area contributed by atoms with Crippen molar-refractivity contribution in [1.82, 2.24) is 9.88 Å². The molecule has 0 spiro atoms. The summed E-state index contributed by atoms with van der Waals surface area (Å²) in [5.74, 6) is -2.33. The molecular formula is C19H20F4N2O2S. The first-order valence-corrected chi connectivity index (χ1v) is 9.79. The summed E-state index contributed by atoms with van der Waals surface area (Å²) in [6.45, 7) is 1.44. The molecule has 1 fully saturated rings. The van der Waals surface area contributed by atoms with Crippen LogP contribution < -0.4 is 10.2 Å². The second-order valence-corrected chi connectivity index (χ2v) is 8.20. The van der Waals surface area contributed by atoms with Gasteiger partial charge in [0.25, 0.3) is 0 Å². The Morgan fingerprint density at radius 3 is 2.57 bits per heavy atom. The van der Waals surface area contributed by atoms with Crippen molar-refractivity contribution in [3.63, 3.8) is 0 Å². The van der Waals surface area contributed by atoms with Gasteiger partial charge >= 0.3 is 11.0 Å². The van der Waals surface area contributed by atoms with Crippen LogP contribution in [0.5, 0.6) is 0 Å². The molecule has 2 atom stereocenters. The van der Waals surface area contributed by atoms with Gasteiger partial charge in [0.05, 0.1) is 11.6 Å². The molecule has 152 valence electrons. The number of nitrogens with one attached hydrogen (secondary N) is 1. The molecule has 0 radical (unpaired) electrons. The summed E-state index contributed by atoms with van der Waals surface area (Å²) in [4.78, 5) is 25.1. The molecule has 28 heavy (non-hydrogen) atoms. The van der Waals surface area contributed by atoms with Crippen LogP contribution in [0.25, 0.3) is 11.3 Å². The summed E-state index contributed by atoms with van der Waals surface area (Å²) in [6, 6.07) is 5.01. The van der Waals surface area contributed by atoms with E-state index in [4.69, 9.17) is 0 Å². The Labute approximate surface area is 163 Å². The van der Waals surface area contributed by atoms with Crippen molar-refractivity contribution in [2.45, 2.75) is 51.4 Å². The van der Waals surface area contributed by atoms with Gasteiger partial charge in [-0.1, -0.05) is 17.8 Å². The van der Waals surface area contributed by atoms with E-state index in [1.807, 2.05) is 0 Å². The number of halogens is 4. The fourth-order valence-electron chi connectivity index (χ4n) is 3.66. The maximum atomic E-state index is 13.2. The number of nitrogens with zero attached hydrogens (tertiary/aromatic N) is 1. The van der Waals surface area contributed by atoms with Crippen LogP contribution >= 0.6 is 11.3 Å². The zero-order valence-corrected chi connectivity index (χ0v) is 16.0. The van der Waals surface area contributed by atoms with Crippen LogP contribution in [-0.2, 0) is 11.3 Å². The minimum atomic E-state index is -4.26. The number of carbonyl (C=O) groups is 1. The SMILES string of the molecule is Cc1sc(=O)n(CC(=O)N[C@H]2CCC[C@H](C(F)(F)F)C2)c1-c1ccc(F)cc1. The third-order valence-electron chi connectivity index (χ3n) is 4.99. The second kappa shape index (κ2) is 8.06. The summed E-state index contributed by atoms with van der Waals surface area (Å²) >= 11 is 0.972. The molecule has 2 aromatic rings. The van der Waals surface area contributed by atoms with Crippen molar-refractivity contribution in [2.75, 3.05) is 0 Å². The Balaban J connectivity index is 1.74. The third-order valence-corrected chi connectivity index (χ3v) is 5.88. The van der Waals surface area contributed by atoms with Gasteiger partial charge in [0.15, 0.2) is 0 Å². The highest BCUT2D eigenvalue weighted by atomic mass is 32.1. The number of hydrogen-bond acceptors (Lipinski definition) is 3. The van der Waals surface area contributed by atoms with Crippen molar-refractivity contribution in [1.29, 1.82) is 0 Å². The number of amides is 1. The van der Waals surface area contributed by atoms with Gasteiger partial charge in [-0.15, -0.1) is 0 Å². The molecule has 0 aliphatic heterocycles. The van der Waals surface area contributed by atoms with Gasteiger partial charge in [-0.25, -0.2) is 4.39 Å². The first-order chi connectivity index (χ1) is 13.1. The lowest BCUT2D eigenvalue weighted by Gasteiger charge is -2.31. The van der Waals surface area contributed by atoms with E-state index in [9.17, 15) is 27.2 Å². The van der Waals surface area contributed by atoms with Crippen molar-refractivity contribution < 1.29 is 22.4 Å². The largest absolute Gasteiger partial charge is 0.391 e. The maximum Gasteiger partial charge on any atom is 0.391 e. The molecule has 1 aliphatic carbocycles. The minimum Gasteiger partial charge on any atom is -0.352 e. The van der Waals surface area contributed by atoms with Crippen LogP contribution in [0, 0.1) is 18.7 Å². The number of aromatic nitrogens is 1. The van der Waals surface area contributed by atoms with Gasteiger partial charge in [0.1, 0.15) is 12.4 Å². The van der Waals surface area contributed by atoms with Crippen LogP contribution in [0.3, 0.4) is 0 Å². The average molecular weight is 416 g/mol. The molecule has 0 bridgehead atoms. The zero-order chi connectivity index (χ0) is 20.5. The van der Waals surface area contributed by atoms with E-state index in [0.29, 0.717) is 29.0 Å². The molecule has 1 N–H and O–H groups in total. The molecule has 1 aliphatic rings. The molecule has 1 aromatic heterocycles. The number of alkyl halides is 3. The van der Waals surface area contributed by atoms with Gasteiger partial charge in [0, 0.05) is 10.9 Å². The molecule has 1 heterocycles. The first-order valence-electron chi connectivity index (χ1n) is 8.97. The van der Waals surface area contributed by atoms with Crippen LogP contribution in [0.4, 0.5) is 17.6 Å². The lowest BCUT2D eigenvalue weighted by Crippen LogP contribution is -2.43. The van der Waals surface area contributed by atoms with E-state index in [-0.39, 0.29) is 24.3 Å². The smallest absolute Gasteiger partial charge is 0.352 e. The summed E-state index contributed by atoms with van der Waals surface area (Å²) in [5, 5.41) is 2.64. The van der Waals surface area contributed by atoms with Gasteiger partial charge in [-0.2, -0.15) is 13.2 Å². The average Bonchev–Trinajstić information content (AvgIpc) is 2.88. The maximum absolute atomic E-state index is 13.2. The van der Waals surface area contributed by atoms with E-state index < -0.39 is 29.9 Å². The standard InChI is InChI=1S/C19H20F4N2O2S/c1-11-17(12-5-7-14(20)8-6-12)25(18(27)28-11)10-16(26)24-15-4-2-3-13(9-15)19(21,22)23/h5-8,13,15H,2-4,9-10H2,1H3,(H,24,26)/t13-,15-/m0/s1. The van der Waals surface area contributed by atoms with E-state index in [1.54, 1.807) is 6.92 Å². The Hall–Kier alpha value is -2.16. The van der Waals surface area contributed by atoms with Crippen molar-refractivity contribution in [2.24, 2.45) is 5.92 Å². The van der Waals surface area contributed by atoms with Crippen molar-refractivity contribution >= 4 is 17.2 Å². The minimum absolute atomic E-state index is 0.0772. The monoisotopic (exact) mass is 416 g/mol. The fraction of sp³-hybridized carbons (Fsp3) is 0.474. The molecule has 0 unspecified atom stereocenters. The summed E-state index contributed by atoms with van der Waals surface area (Å²) in [5.41, 5.74) is 1.11. The summed E-state index contributed by atoms with van der Waals surface area (Å²) in [6.07, 6.45) is -3.44. The lowest BCUT2D eigenvalue weighted by molar-refractivity contribution is -0.184. The summed E-state index contributed by atoms with van der Waals surface area (Å²) in [7, 11) is 0. The highest BCUT2D eigenvalue weighted by Crippen LogP contribution is 2.37. The fourth-order valence-corrected chi connectivity index (χ4v) is 4.51. The molecular weight excluding hydrogens is 396 g/mol. The van der Waals surface area contributed by atoms with E-state index >= 15 is 0 Å². The normalized spacial score (nSPS) is 20.2. The quantitative estimate of drug-likeness (QED) is 0.758. The molecule has 9 heteroatoms. The van der Waals surface area contributed by atoms with Crippen LogP contribution in [0.2, 0.25) is 0 Å². The Morgan fingerprint density at radius 2 is 1.93 bits per heavy atom. The molecule has 1 saturated carbocycles.